The molecule has 0 fully saturated rings. The standard InChI is InChI=1S/C10H13IN2O/c1-2-7-12-13-10(14)8-3-5-9(11)6-4-8/h3-6,12H,2,7H2,1H3,(H,13,14). The van der Waals surface area contributed by atoms with Gasteiger partial charge < -0.3 is 0 Å². The average molecular weight is 304 g/mol. The SMILES string of the molecule is CCCNNC(=O)c1ccc(I)cc1. The van der Waals surface area contributed by atoms with Crippen LogP contribution in [0.15, 0.2) is 24.3 Å². The summed E-state index contributed by atoms with van der Waals surface area (Å²) in [6, 6.07) is 7.44. The Balaban J connectivity index is 2.48. The van der Waals surface area contributed by atoms with Crippen LogP contribution in [0.1, 0.15) is 23.7 Å². The van der Waals surface area contributed by atoms with Crippen LogP contribution in [0.2, 0.25) is 0 Å². The first-order chi connectivity index (χ1) is 6.74. The third-order valence-electron chi connectivity index (χ3n) is 1.68. The van der Waals surface area contributed by atoms with E-state index in [2.05, 4.69) is 33.4 Å². The van der Waals surface area contributed by atoms with E-state index in [1.165, 1.54) is 0 Å². The van der Waals surface area contributed by atoms with Crippen molar-refractivity contribution in [3.63, 3.8) is 0 Å². The van der Waals surface area contributed by atoms with Gasteiger partial charge in [0.2, 0.25) is 0 Å². The van der Waals surface area contributed by atoms with E-state index in [-0.39, 0.29) is 5.91 Å². The molecule has 1 aromatic carbocycles. The number of rotatable bonds is 4. The molecule has 4 heteroatoms. The van der Waals surface area contributed by atoms with Crippen molar-refractivity contribution in [1.29, 1.82) is 0 Å². The van der Waals surface area contributed by atoms with Gasteiger partial charge in [0, 0.05) is 15.7 Å². The number of hydrazine groups is 1. The Morgan fingerprint density at radius 1 is 1.36 bits per heavy atom. The number of benzene rings is 1. The van der Waals surface area contributed by atoms with E-state index in [1.54, 1.807) is 0 Å². The Morgan fingerprint density at radius 2 is 2.00 bits per heavy atom. The van der Waals surface area contributed by atoms with Crippen LogP contribution in [-0.2, 0) is 0 Å². The number of amides is 1. The van der Waals surface area contributed by atoms with Gasteiger partial charge >= 0.3 is 0 Å². The van der Waals surface area contributed by atoms with Crippen molar-refractivity contribution >= 4 is 28.5 Å². The van der Waals surface area contributed by atoms with E-state index < -0.39 is 0 Å². The van der Waals surface area contributed by atoms with Gasteiger partial charge in [-0.3, -0.25) is 10.2 Å². The number of carbonyl (C=O) groups is 1. The van der Waals surface area contributed by atoms with Gasteiger partial charge in [-0.25, -0.2) is 5.43 Å². The third-order valence-corrected chi connectivity index (χ3v) is 2.40. The van der Waals surface area contributed by atoms with Gasteiger partial charge in [0.05, 0.1) is 0 Å². The molecule has 76 valence electrons. The monoisotopic (exact) mass is 304 g/mol. The lowest BCUT2D eigenvalue weighted by molar-refractivity contribution is 0.0933. The van der Waals surface area contributed by atoms with Crippen molar-refractivity contribution in [3.8, 4) is 0 Å². The zero-order chi connectivity index (χ0) is 10.4. The predicted molar refractivity (Wildman–Crippen MR) is 64.9 cm³/mol. The van der Waals surface area contributed by atoms with Gasteiger partial charge in [-0.05, 0) is 53.3 Å². The summed E-state index contributed by atoms with van der Waals surface area (Å²) < 4.78 is 1.13. The van der Waals surface area contributed by atoms with Crippen molar-refractivity contribution in [1.82, 2.24) is 10.9 Å². The van der Waals surface area contributed by atoms with E-state index in [9.17, 15) is 4.79 Å². The van der Waals surface area contributed by atoms with Gasteiger partial charge in [-0.2, -0.15) is 0 Å². The number of nitrogens with one attached hydrogen (secondary N) is 2. The number of halogens is 1. The second kappa shape index (κ2) is 5.98. The van der Waals surface area contributed by atoms with Gasteiger partial charge in [0.15, 0.2) is 0 Å². The highest BCUT2D eigenvalue weighted by Crippen LogP contribution is 2.06. The summed E-state index contributed by atoms with van der Waals surface area (Å²) in [6.45, 7) is 2.83. The summed E-state index contributed by atoms with van der Waals surface area (Å²) in [5, 5.41) is 0. The highest BCUT2D eigenvalue weighted by Gasteiger charge is 2.02. The summed E-state index contributed by atoms with van der Waals surface area (Å²) in [4.78, 5) is 11.5. The van der Waals surface area contributed by atoms with Crippen LogP contribution >= 0.6 is 22.6 Å². The predicted octanol–water partition coefficient (Wildman–Crippen LogP) is 1.94. The first-order valence-corrected chi connectivity index (χ1v) is 5.60. The zero-order valence-corrected chi connectivity index (χ0v) is 10.2. The molecule has 0 bridgehead atoms. The maximum absolute atomic E-state index is 11.5. The van der Waals surface area contributed by atoms with E-state index in [0.29, 0.717) is 5.56 Å². The van der Waals surface area contributed by atoms with Crippen LogP contribution in [0.4, 0.5) is 0 Å². The summed E-state index contributed by atoms with van der Waals surface area (Å²) in [6.07, 6.45) is 0.993. The fourth-order valence-corrected chi connectivity index (χ4v) is 1.30. The average Bonchev–Trinajstić information content (AvgIpc) is 2.19. The molecule has 0 radical (unpaired) electrons. The number of hydrogen-bond donors (Lipinski definition) is 2. The fourth-order valence-electron chi connectivity index (χ4n) is 0.941. The van der Waals surface area contributed by atoms with Crippen LogP contribution in [0.5, 0.6) is 0 Å². The van der Waals surface area contributed by atoms with Crippen LogP contribution in [0.3, 0.4) is 0 Å². The van der Waals surface area contributed by atoms with Gasteiger partial charge in [-0.1, -0.05) is 6.92 Å². The summed E-state index contributed by atoms with van der Waals surface area (Å²) in [7, 11) is 0. The molecule has 0 saturated carbocycles. The van der Waals surface area contributed by atoms with Crippen molar-refractivity contribution < 1.29 is 4.79 Å². The molecule has 0 saturated heterocycles. The quantitative estimate of drug-likeness (QED) is 0.507. The molecule has 0 heterocycles. The molecular formula is C10H13IN2O. The Bertz CT molecular complexity index is 297. The van der Waals surface area contributed by atoms with Crippen LogP contribution in [0.25, 0.3) is 0 Å². The first-order valence-electron chi connectivity index (χ1n) is 4.53. The molecule has 1 rings (SSSR count). The molecule has 0 aliphatic heterocycles. The summed E-state index contributed by atoms with van der Waals surface area (Å²) in [5.41, 5.74) is 6.15. The molecule has 0 aliphatic carbocycles. The molecule has 0 aliphatic rings. The fraction of sp³-hybridized carbons (Fsp3) is 0.300. The molecule has 0 unspecified atom stereocenters. The van der Waals surface area contributed by atoms with Gasteiger partial charge in [-0.15, -0.1) is 0 Å². The lowest BCUT2D eigenvalue weighted by Gasteiger charge is -2.05. The van der Waals surface area contributed by atoms with Crippen LogP contribution in [-0.4, -0.2) is 12.5 Å². The second-order valence-electron chi connectivity index (χ2n) is 2.89. The minimum atomic E-state index is -0.0881. The number of carbonyl (C=O) groups excluding carboxylic acids is 1. The third kappa shape index (κ3) is 3.63. The molecule has 0 aromatic heterocycles. The van der Waals surface area contributed by atoms with E-state index in [1.807, 2.05) is 31.2 Å². The largest absolute Gasteiger partial charge is 0.287 e. The lowest BCUT2D eigenvalue weighted by Crippen LogP contribution is -2.37. The van der Waals surface area contributed by atoms with Crippen LogP contribution < -0.4 is 10.9 Å². The van der Waals surface area contributed by atoms with E-state index in [0.717, 1.165) is 16.5 Å². The molecule has 3 nitrogen and oxygen atoms in total. The molecule has 1 amide bonds. The van der Waals surface area contributed by atoms with Crippen molar-refractivity contribution in [2.75, 3.05) is 6.54 Å². The number of hydrogen-bond acceptors (Lipinski definition) is 2. The van der Waals surface area contributed by atoms with Crippen LogP contribution in [0, 0.1) is 3.57 Å². The minimum absolute atomic E-state index is 0.0881. The maximum atomic E-state index is 11.5. The normalized spacial score (nSPS) is 9.86. The Morgan fingerprint density at radius 3 is 2.57 bits per heavy atom. The van der Waals surface area contributed by atoms with E-state index in [4.69, 9.17) is 0 Å². The lowest BCUT2D eigenvalue weighted by atomic mass is 10.2. The molecule has 0 spiro atoms. The second-order valence-corrected chi connectivity index (χ2v) is 4.13. The Kier molecular flexibility index (Phi) is 4.89. The first kappa shape index (κ1) is 11.5. The zero-order valence-electron chi connectivity index (χ0n) is 8.01. The van der Waals surface area contributed by atoms with Crippen molar-refractivity contribution in [2.24, 2.45) is 0 Å². The molecule has 1 aromatic rings. The minimum Gasteiger partial charge on any atom is -0.287 e. The highest BCUT2D eigenvalue weighted by atomic mass is 127. The molecular weight excluding hydrogens is 291 g/mol. The van der Waals surface area contributed by atoms with Gasteiger partial charge in [0.1, 0.15) is 0 Å². The smallest absolute Gasteiger partial charge is 0.265 e. The molecule has 2 N–H and O–H groups in total. The highest BCUT2D eigenvalue weighted by molar-refractivity contribution is 14.1. The van der Waals surface area contributed by atoms with Crippen molar-refractivity contribution in [2.45, 2.75) is 13.3 Å². The Hall–Kier alpha value is -0.620. The molecule has 0 atom stereocenters. The van der Waals surface area contributed by atoms with E-state index >= 15 is 0 Å². The topological polar surface area (TPSA) is 41.1 Å². The maximum Gasteiger partial charge on any atom is 0.265 e. The van der Waals surface area contributed by atoms with Gasteiger partial charge in [0.25, 0.3) is 5.91 Å². The summed E-state index contributed by atoms with van der Waals surface area (Å²) in [5.74, 6) is -0.0881. The summed E-state index contributed by atoms with van der Waals surface area (Å²) >= 11 is 2.21. The van der Waals surface area contributed by atoms with Crippen molar-refractivity contribution in [3.05, 3.63) is 33.4 Å². The Labute approximate surface area is 97.4 Å². The molecule has 14 heavy (non-hydrogen) atoms.